The molecule has 0 bridgehead atoms. The van der Waals surface area contributed by atoms with Crippen molar-refractivity contribution < 1.29 is 4.79 Å². The molecule has 2 amide bonds. The highest BCUT2D eigenvalue weighted by molar-refractivity contribution is 7.10. The topological polar surface area (TPSA) is 44.4 Å². The molecule has 3 rings (SSSR count). The average Bonchev–Trinajstić information content (AvgIpc) is 3.03. The first kappa shape index (κ1) is 12.0. The van der Waals surface area contributed by atoms with Gasteiger partial charge >= 0.3 is 6.03 Å². The van der Waals surface area contributed by atoms with Crippen molar-refractivity contribution in [1.82, 2.24) is 15.5 Å². The van der Waals surface area contributed by atoms with Crippen LogP contribution >= 0.6 is 11.3 Å². The zero-order valence-electron chi connectivity index (χ0n) is 10.6. The highest BCUT2D eigenvalue weighted by atomic mass is 32.1. The fraction of sp³-hybridized carbons (Fsp3) is 0.615. The number of amides is 2. The number of rotatable bonds is 3. The van der Waals surface area contributed by atoms with Gasteiger partial charge in [-0.05, 0) is 49.4 Å². The molecular weight excluding hydrogens is 246 g/mol. The summed E-state index contributed by atoms with van der Waals surface area (Å²) in [5.41, 5.74) is 1.29. The molecule has 5 heteroatoms. The van der Waals surface area contributed by atoms with Crippen LogP contribution in [0.1, 0.15) is 22.9 Å². The van der Waals surface area contributed by atoms with Crippen LogP contribution in [-0.4, -0.2) is 37.1 Å². The van der Waals surface area contributed by atoms with E-state index in [1.54, 1.807) is 11.3 Å². The van der Waals surface area contributed by atoms with E-state index in [9.17, 15) is 4.79 Å². The summed E-state index contributed by atoms with van der Waals surface area (Å²) in [4.78, 5) is 15.3. The third-order valence-corrected chi connectivity index (χ3v) is 4.98. The van der Waals surface area contributed by atoms with E-state index < -0.39 is 0 Å². The van der Waals surface area contributed by atoms with Gasteiger partial charge in [0.15, 0.2) is 0 Å². The number of nitrogens with zero attached hydrogens (tertiary/aromatic N) is 1. The molecule has 2 aliphatic rings. The predicted octanol–water partition coefficient (Wildman–Crippen LogP) is 1.73. The maximum atomic E-state index is 12.0. The Morgan fingerprint density at radius 2 is 2.44 bits per heavy atom. The zero-order chi connectivity index (χ0) is 12.5. The number of hydrogen-bond donors (Lipinski definition) is 2. The van der Waals surface area contributed by atoms with Gasteiger partial charge in [-0.25, -0.2) is 4.79 Å². The Labute approximate surface area is 111 Å². The van der Waals surface area contributed by atoms with Gasteiger partial charge in [0.1, 0.15) is 0 Å². The summed E-state index contributed by atoms with van der Waals surface area (Å²) in [6.07, 6.45) is 1.19. The van der Waals surface area contributed by atoms with Crippen LogP contribution in [0.5, 0.6) is 0 Å². The van der Waals surface area contributed by atoms with Gasteiger partial charge in [-0.15, -0.1) is 11.3 Å². The number of carbonyl (C=O) groups is 1. The molecule has 0 radical (unpaired) electrons. The van der Waals surface area contributed by atoms with E-state index in [0.29, 0.717) is 5.92 Å². The van der Waals surface area contributed by atoms with E-state index in [2.05, 4.69) is 29.0 Å². The van der Waals surface area contributed by atoms with Gasteiger partial charge in [-0.3, -0.25) is 0 Å². The molecule has 1 aromatic heterocycles. The van der Waals surface area contributed by atoms with Crippen LogP contribution in [-0.2, 0) is 0 Å². The van der Waals surface area contributed by atoms with Gasteiger partial charge in [0.25, 0.3) is 0 Å². The van der Waals surface area contributed by atoms with Crippen LogP contribution in [0.25, 0.3) is 0 Å². The summed E-state index contributed by atoms with van der Waals surface area (Å²) >= 11 is 1.74. The molecule has 2 saturated heterocycles. The van der Waals surface area contributed by atoms with Crippen molar-refractivity contribution in [2.45, 2.75) is 19.4 Å². The van der Waals surface area contributed by atoms with Gasteiger partial charge < -0.3 is 15.5 Å². The first-order valence-corrected chi connectivity index (χ1v) is 7.42. The monoisotopic (exact) mass is 265 g/mol. The number of thiophene rings is 1. The molecule has 1 aromatic rings. The molecule has 0 spiro atoms. The lowest BCUT2D eigenvalue weighted by molar-refractivity contribution is 0.210. The largest absolute Gasteiger partial charge is 0.329 e. The van der Waals surface area contributed by atoms with Crippen molar-refractivity contribution >= 4 is 17.4 Å². The summed E-state index contributed by atoms with van der Waals surface area (Å²) in [5.74, 6) is 0.624. The molecule has 2 N–H and O–H groups in total. The molecule has 3 heterocycles. The molecule has 2 aliphatic heterocycles. The van der Waals surface area contributed by atoms with E-state index in [1.807, 2.05) is 4.90 Å². The lowest BCUT2D eigenvalue weighted by atomic mass is 10.1. The molecule has 0 aromatic carbocycles. The summed E-state index contributed by atoms with van der Waals surface area (Å²) in [5, 5.41) is 8.55. The summed E-state index contributed by atoms with van der Waals surface area (Å²) < 4.78 is 0. The van der Waals surface area contributed by atoms with Crippen LogP contribution in [0.3, 0.4) is 0 Å². The van der Waals surface area contributed by atoms with Gasteiger partial charge in [-0.1, -0.05) is 0 Å². The number of aryl methyl sites for hydroxylation is 1. The van der Waals surface area contributed by atoms with E-state index >= 15 is 0 Å². The van der Waals surface area contributed by atoms with E-state index in [4.69, 9.17) is 0 Å². The van der Waals surface area contributed by atoms with Crippen molar-refractivity contribution in [3.63, 3.8) is 0 Å². The first-order valence-electron chi connectivity index (χ1n) is 6.54. The molecule has 2 unspecified atom stereocenters. The SMILES string of the molecule is Cc1ccsc1C1CN(CC2CCNC2)C(=O)N1. The lowest BCUT2D eigenvalue weighted by Gasteiger charge is -2.18. The molecule has 0 aliphatic carbocycles. The standard InChI is InChI=1S/C13H19N3OS/c1-9-3-5-18-12(9)11-8-16(13(17)15-11)7-10-2-4-14-6-10/h3,5,10-11,14H,2,4,6-8H2,1H3,(H,15,17). The molecule has 0 saturated carbocycles. The van der Waals surface area contributed by atoms with Gasteiger partial charge in [0.05, 0.1) is 6.04 Å². The van der Waals surface area contributed by atoms with Crippen molar-refractivity contribution in [3.05, 3.63) is 21.9 Å². The second-order valence-electron chi connectivity index (χ2n) is 5.23. The maximum absolute atomic E-state index is 12.0. The lowest BCUT2D eigenvalue weighted by Crippen LogP contribution is -2.33. The van der Waals surface area contributed by atoms with Crippen molar-refractivity contribution in [2.24, 2.45) is 5.92 Å². The molecular formula is C13H19N3OS. The minimum Gasteiger partial charge on any atom is -0.329 e. The Morgan fingerprint density at radius 3 is 3.11 bits per heavy atom. The molecule has 2 atom stereocenters. The zero-order valence-corrected chi connectivity index (χ0v) is 11.4. The Bertz CT molecular complexity index is 439. The van der Waals surface area contributed by atoms with E-state index in [-0.39, 0.29) is 12.1 Å². The average molecular weight is 265 g/mol. The Morgan fingerprint density at radius 1 is 1.56 bits per heavy atom. The minimum atomic E-state index is 0.0969. The summed E-state index contributed by atoms with van der Waals surface area (Å²) in [7, 11) is 0. The van der Waals surface area contributed by atoms with Gasteiger partial charge in [0, 0.05) is 18.0 Å². The Balaban J connectivity index is 1.65. The fourth-order valence-electron chi connectivity index (χ4n) is 2.82. The van der Waals surface area contributed by atoms with E-state index in [0.717, 1.165) is 26.2 Å². The van der Waals surface area contributed by atoms with Crippen LogP contribution in [0, 0.1) is 12.8 Å². The normalized spacial score (nSPS) is 27.8. The Kier molecular flexibility index (Phi) is 3.26. The minimum absolute atomic E-state index is 0.0969. The number of hydrogen-bond acceptors (Lipinski definition) is 3. The van der Waals surface area contributed by atoms with Gasteiger partial charge in [-0.2, -0.15) is 0 Å². The number of urea groups is 1. The smallest absolute Gasteiger partial charge is 0.318 e. The molecule has 4 nitrogen and oxygen atoms in total. The quantitative estimate of drug-likeness (QED) is 0.874. The van der Waals surface area contributed by atoms with Crippen LogP contribution < -0.4 is 10.6 Å². The van der Waals surface area contributed by atoms with E-state index in [1.165, 1.54) is 16.9 Å². The van der Waals surface area contributed by atoms with Crippen molar-refractivity contribution in [3.8, 4) is 0 Å². The third-order valence-electron chi connectivity index (χ3n) is 3.85. The Hall–Kier alpha value is -1.07. The second kappa shape index (κ2) is 4.90. The van der Waals surface area contributed by atoms with Gasteiger partial charge in [0.2, 0.25) is 0 Å². The maximum Gasteiger partial charge on any atom is 0.318 e. The summed E-state index contributed by atoms with van der Waals surface area (Å²) in [6, 6.07) is 2.40. The van der Waals surface area contributed by atoms with Crippen LogP contribution in [0.15, 0.2) is 11.4 Å². The highest BCUT2D eigenvalue weighted by Crippen LogP contribution is 2.28. The van der Waals surface area contributed by atoms with Crippen LogP contribution in [0.4, 0.5) is 4.79 Å². The summed E-state index contributed by atoms with van der Waals surface area (Å²) in [6.45, 7) is 5.96. The second-order valence-corrected chi connectivity index (χ2v) is 6.18. The number of nitrogens with one attached hydrogen (secondary N) is 2. The fourth-order valence-corrected chi connectivity index (χ4v) is 3.79. The third kappa shape index (κ3) is 2.24. The number of carbonyl (C=O) groups excluding carboxylic acids is 1. The van der Waals surface area contributed by atoms with Crippen LogP contribution in [0.2, 0.25) is 0 Å². The predicted molar refractivity (Wildman–Crippen MR) is 72.9 cm³/mol. The molecule has 18 heavy (non-hydrogen) atoms. The van der Waals surface area contributed by atoms with Crippen molar-refractivity contribution in [1.29, 1.82) is 0 Å². The molecule has 98 valence electrons. The highest BCUT2D eigenvalue weighted by Gasteiger charge is 2.32. The first-order chi connectivity index (χ1) is 8.74. The van der Waals surface area contributed by atoms with Crippen molar-refractivity contribution in [2.75, 3.05) is 26.2 Å². The molecule has 2 fully saturated rings.